The molecule has 4 heteroatoms. The number of hydrogen-bond donors (Lipinski definition) is 3. The molecule has 0 aliphatic rings. The minimum absolute atomic E-state index is 0.0757. The van der Waals surface area contributed by atoms with Gasteiger partial charge in [0.05, 0.1) is 18.8 Å². The summed E-state index contributed by atoms with van der Waals surface area (Å²) in [4.78, 5) is 12.4. The lowest BCUT2D eigenvalue weighted by Crippen LogP contribution is -2.45. The predicted octanol–water partition coefficient (Wildman–Crippen LogP) is 13.1. The molecule has 0 aliphatic heterocycles. The lowest BCUT2D eigenvalue weighted by Gasteiger charge is -2.22. The molecule has 0 rings (SSSR count). The summed E-state index contributed by atoms with van der Waals surface area (Å²) in [5, 5.41) is 23.1. The molecule has 0 aromatic carbocycles. The molecule has 0 aromatic heterocycles. The van der Waals surface area contributed by atoms with Crippen LogP contribution in [0.5, 0.6) is 0 Å². The predicted molar refractivity (Wildman–Crippen MR) is 220 cm³/mol. The Morgan fingerprint density at radius 3 is 1.28 bits per heavy atom. The molecule has 0 bridgehead atoms. The van der Waals surface area contributed by atoms with E-state index in [0.717, 1.165) is 70.6 Å². The third-order valence-electron chi connectivity index (χ3n) is 9.23. The third kappa shape index (κ3) is 37.1. The van der Waals surface area contributed by atoms with Gasteiger partial charge < -0.3 is 15.5 Å². The summed E-state index contributed by atoms with van der Waals surface area (Å²) in [5.74, 6) is -0.0757. The number of amides is 1. The van der Waals surface area contributed by atoms with Gasteiger partial charge in [-0.2, -0.15) is 0 Å². The molecule has 4 nitrogen and oxygen atoms in total. The van der Waals surface area contributed by atoms with Crippen LogP contribution >= 0.6 is 0 Å². The van der Waals surface area contributed by atoms with Crippen LogP contribution in [0.3, 0.4) is 0 Å². The molecule has 50 heavy (non-hydrogen) atoms. The van der Waals surface area contributed by atoms with Gasteiger partial charge in [0, 0.05) is 6.42 Å². The maximum Gasteiger partial charge on any atom is 0.220 e. The van der Waals surface area contributed by atoms with Crippen molar-refractivity contribution in [2.45, 2.75) is 206 Å². The fraction of sp³-hybridized carbons (Fsp3) is 0.717. The van der Waals surface area contributed by atoms with Crippen LogP contribution in [0.15, 0.2) is 72.9 Å². The minimum atomic E-state index is -0.681. The van der Waals surface area contributed by atoms with E-state index in [-0.39, 0.29) is 12.5 Å². The highest BCUT2D eigenvalue weighted by Crippen LogP contribution is 2.15. The Labute approximate surface area is 310 Å². The van der Waals surface area contributed by atoms with Gasteiger partial charge in [0.15, 0.2) is 0 Å². The summed E-state index contributed by atoms with van der Waals surface area (Å²) in [5.41, 5.74) is 0. The van der Waals surface area contributed by atoms with Crippen molar-refractivity contribution in [1.29, 1.82) is 0 Å². The summed E-state index contributed by atoms with van der Waals surface area (Å²) in [6.45, 7) is 4.22. The van der Waals surface area contributed by atoms with Crippen molar-refractivity contribution in [3.8, 4) is 0 Å². The van der Waals surface area contributed by atoms with E-state index in [1.54, 1.807) is 0 Å². The second kappa shape index (κ2) is 41.3. The van der Waals surface area contributed by atoms with Gasteiger partial charge in [-0.1, -0.05) is 196 Å². The van der Waals surface area contributed by atoms with Gasteiger partial charge in [0.25, 0.3) is 0 Å². The smallest absolute Gasteiger partial charge is 0.220 e. The molecule has 0 heterocycles. The molecule has 0 fully saturated rings. The van der Waals surface area contributed by atoms with Crippen molar-refractivity contribution in [3.63, 3.8) is 0 Å². The molecule has 0 spiro atoms. The highest BCUT2D eigenvalue weighted by molar-refractivity contribution is 5.76. The van der Waals surface area contributed by atoms with Crippen LogP contribution in [0.4, 0.5) is 0 Å². The van der Waals surface area contributed by atoms with Gasteiger partial charge in [0.1, 0.15) is 0 Å². The van der Waals surface area contributed by atoms with E-state index in [1.807, 2.05) is 0 Å². The van der Waals surface area contributed by atoms with E-state index in [4.69, 9.17) is 0 Å². The van der Waals surface area contributed by atoms with E-state index < -0.39 is 12.1 Å². The SMILES string of the molecule is CC/C=C\C/C=C\C/C=C\C/C=C\C/C=C\C/C=C\CCCCC(=O)NC(CO)C(O)CCCCCCCCCCCCCCCCCCC. The number of hydrogen-bond acceptors (Lipinski definition) is 3. The van der Waals surface area contributed by atoms with Gasteiger partial charge in [-0.25, -0.2) is 0 Å². The Balaban J connectivity index is 3.67. The number of allylic oxidation sites excluding steroid dienone is 12. The lowest BCUT2D eigenvalue weighted by atomic mass is 10.0. The molecule has 3 N–H and O–H groups in total. The molecule has 288 valence electrons. The van der Waals surface area contributed by atoms with E-state index in [1.165, 1.54) is 96.3 Å². The van der Waals surface area contributed by atoms with E-state index in [0.29, 0.717) is 12.8 Å². The Morgan fingerprint density at radius 1 is 0.500 bits per heavy atom. The van der Waals surface area contributed by atoms with Gasteiger partial charge in [-0.05, 0) is 64.2 Å². The summed E-state index contributed by atoms with van der Waals surface area (Å²) in [6, 6.07) is -0.563. The fourth-order valence-corrected chi connectivity index (χ4v) is 6.01. The minimum Gasteiger partial charge on any atom is -0.394 e. The first-order chi connectivity index (χ1) is 24.7. The summed E-state index contributed by atoms with van der Waals surface area (Å²) in [7, 11) is 0. The largest absolute Gasteiger partial charge is 0.394 e. The zero-order chi connectivity index (χ0) is 36.4. The topological polar surface area (TPSA) is 69.6 Å². The molecular formula is C46H81NO3. The molecule has 0 radical (unpaired) electrons. The summed E-state index contributed by atoms with van der Waals surface area (Å²) in [6.07, 6.45) is 58.3. The maximum atomic E-state index is 12.4. The van der Waals surface area contributed by atoms with Gasteiger partial charge >= 0.3 is 0 Å². The first kappa shape index (κ1) is 47.8. The zero-order valence-corrected chi connectivity index (χ0v) is 32.9. The molecule has 1 amide bonds. The van der Waals surface area contributed by atoms with Crippen molar-refractivity contribution in [2.75, 3.05) is 6.61 Å². The first-order valence-corrected chi connectivity index (χ1v) is 21.1. The monoisotopic (exact) mass is 696 g/mol. The molecule has 0 aliphatic carbocycles. The zero-order valence-electron chi connectivity index (χ0n) is 32.9. The molecule has 0 saturated carbocycles. The second-order valence-electron chi connectivity index (χ2n) is 14.0. The van der Waals surface area contributed by atoms with Crippen LogP contribution in [0.1, 0.15) is 194 Å². The maximum absolute atomic E-state index is 12.4. The second-order valence-corrected chi connectivity index (χ2v) is 14.0. The number of nitrogens with one attached hydrogen (secondary N) is 1. The molecule has 2 atom stereocenters. The van der Waals surface area contributed by atoms with Gasteiger partial charge in [0.2, 0.25) is 5.91 Å². The van der Waals surface area contributed by atoms with E-state index in [9.17, 15) is 15.0 Å². The molecule has 0 saturated heterocycles. The average molecular weight is 696 g/mol. The number of rotatable bonds is 37. The van der Waals surface area contributed by atoms with Gasteiger partial charge in [-0.3, -0.25) is 4.79 Å². The number of carbonyl (C=O) groups is 1. The number of aliphatic hydroxyl groups is 2. The molecule has 0 aromatic rings. The summed E-state index contributed by atoms with van der Waals surface area (Å²) >= 11 is 0. The van der Waals surface area contributed by atoms with Crippen molar-refractivity contribution < 1.29 is 15.0 Å². The number of carbonyl (C=O) groups excluding carboxylic acids is 1. The van der Waals surface area contributed by atoms with Gasteiger partial charge in [-0.15, -0.1) is 0 Å². The standard InChI is InChI=1S/C46H81NO3/c1-3-5-7-9-11-13-15-17-19-21-22-23-24-26-28-30-32-34-36-38-40-42-46(50)47-44(43-48)45(49)41-39-37-35-33-31-29-27-25-20-18-16-14-12-10-8-6-4-2/h5,7,11,13,17,19,22-23,26,28,32,34,44-45,48-49H,3-4,6,8-10,12,14-16,18,20-21,24-25,27,29-31,33,35-43H2,1-2H3,(H,47,50)/b7-5-,13-11-,19-17-,23-22-,28-26-,34-32-. The van der Waals surface area contributed by atoms with Crippen LogP contribution in [0.25, 0.3) is 0 Å². The van der Waals surface area contributed by atoms with Crippen LogP contribution in [0, 0.1) is 0 Å². The highest BCUT2D eigenvalue weighted by Gasteiger charge is 2.19. The fourth-order valence-electron chi connectivity index (χ4n) is 6.01. The Hall–Kier alpha value is -2.17. The molecular weight excluding hydrogens is 615 g/mol. The van der Waals surface area contributed by atoms with Crippen LogP contribution in [0.2, 0.25) is 0 Å². The lowest BCUT2D eigenvalue weighted by molar-refractivity contribution is -0.123. The Kier molecular flexibility index (Phi) is 39.5. The van der Waals surface area contributed by atoms with Crippen LogP contribution < -0.4 is 5.32 Å². The van der Waals surface area contributed by atoms with Crippen LogP contribution in [-0.2, 0) is 4.79 Å². The van der Waals surface area contributed by atoms with E-state index in [2.05, 4.69) is 92.1 Å². The number of aliphatic hydroxyl groups excluding tert-OH is 2. The van der Waals surface area contributed by atoms with Crippen molar-refractivity contribution in [3.05, 3.63) is 72.9 Å². The Morgan fingerprint density at radius 2 is 0.880 bits per heavy atom. The normalized spacial score (nSPS) is 13.8. The van der Waals surface area contributed by atoms with Crippen molar-refractivity contribution in [1.82, 2.24) is 5.32 Å². The first-order valence-electron chi connectivity index (χ1n) is 21.1. The highest BCUT2D eigenvalue weighted by atomic mass is 16.3. The van der Waals surface area contributed by atoms with Crippen molar-refractivity contribution >= 4 is 5.91 Å². The summed E-state index contributed by atoms with van der Waals surface area (Å²) < 4.78 is 0. The van der Waals surface area contributed by atoms with E-state index >= 15 is 0 Å². The Bertz CT molecular complexity index is 884. The number of unbranched alkanes of at least 4 members (excludes halogenated alkanes) is 18. The third-order valence-corrected chi connectivity index (χ3v) is 9.23. The molecule has 2 unspecified atom stereocenters. The quantitative estimate of drug-likeness (QED) is 0.0447. The van der Waals surface area contributed by atoms with Crippen molar-refractivity contribution in [2.24, 2.45) is 0 Å². The average Bonchev–Trinajstić information content (AvgIpc) is 3.12. The van der Waals surface area contributed by atoms with Crippen LogP contribution in [-0.4, -0.2) is 34.9 Å².